The van der Waals surface area contributed by atoms with Crippen LogP contribution in [0, 0.1) is 6.92 Å². The van der Waals surface area contributed by atoms with Crippen molar-refractivity contribution >= 4 is 9.05 Å². The van der Waals surface area contributed by atoms with Gasteiger partial charge >= 0.3 is 50.6 Å². The van der Waals surface area contributed by atoms with Gasteiger partial charge in [0.25, 0.3) is 0 Å². The maximum atomic E-state index is 8.58. The predicted molar refractivity (Wildman–Crippen MR) is 63.0 cm³/mol. The Bertz CT molecular complexity index is 132. The van der Waals surface area contributed by atoms with E-state index in [-0.39, 0.29) is 50.6 Å². The van der Waals surface area contributed by atoms with E-state index in [0.29, 0.717) is 0 Å². The van der Waals surface area contributed by atoms with E-state index in [9.17, 15) is 0 Å². The van der Waals surface area contributed by atoms with Crippen LogP contribution in [0.3, 0.4) is 0 Å². The van der Waals surface area contributed by atoms with E-state index >= 15 is 0 Å². The van der Waals surface area contributed by atoms with Gasteiger partial charge in [0.2, 0.25) is 0 Å². The smallest absolute Gasteiger partial charge is 0.894 e. The van der Waals surface area contributed by atoms with Crippen molar-refractivity contribution in [3.8, 4) is 0 Å². The Morgan fingerprint density at radius 1 is 0.737 bits per heavy atom. The van der Waals surface area contributed by atoms with Crippen molar-refractivity contribution in [1.82, 2.24) is 0 Å². The van der Waals surface area contributed by atoms with Gasteiger partial charge in [-0.15, -0.1) is 0 Å². The molecule has 0 N–H and O–H groups in total. The van der Waals surface area contributed by atoms with Crippen molar-refractivity contribution in [3.63, 3.8) is 0 Å². The molecule has 0 amide bonds. The third-order valence-corrected chi connectivity index (χ3v) is 2.35. The van der Waals surface area contributed by atoms with Gasteiger partial charge in [-0.05, 0) is 0 Å². The van der Waals surface area contributed by atoms with Gasteiger partial charge in [-0.3, -0.25) is 0 Å². The third kappa shape index (κ3) is 53.9. The van der Waals surface area contributed by atoms with E-state index in [0.717, 1.165) is 6.42 Å². The second kappa shape index (κ2) is 22.0. The molecule has 4 nitrogen and oxygen atoms in total. The normalized spacial score (nSPS) is 9.79. The molecule has 0 atom stereocenters. The fourth-order valence-corrected chi connectivity index (χ4v) is 1.49. The van der Waals surface area contributed by atoms with Gasteiger partial charge in [-0.1, -0.05) is 64.7 Å². The quantitative estimate of drug-likeness (QED) is 0.237. The molecule has 0 aromatic heterocycles. The summed E-state index contributed by atoms with van der Waals surface area (Å²) in [5.41, 5.74) is 0. The van der Waals surface area contributed by atoms with Gasteiger partial charge in [0.05, 0.1) is 0 Å². The molecule has 0 aliphatic rings. The van der Waals surface area contributed by atoms with Crippen LogP contribution in [0.15, 0.2) is 0 Å². The van der Waals surface area contributed by atoms with E-state index in [1.165, 1.54) is 57.8 Å². The first-order valence-electron chi connectivity index (χ1n) is 6.52. The zero-order valence-corrected chi connectivity index (χ0v) is 17.3. The van der Waals surface area contributed by atoms with Crippen LogP contribution in [0.1, 0.15) is 71.1 Å². The maximum absolute atomic E-state index is 8.58. The first-order valence-corrected chi connectivity index (χ1v) is 8.16. The third-order valence-electron chi connectivity index (χ3n) is 2.35. The van der Waals surface area contributed by atoms with Crippen LogP contribution in [0.2, 0.25) is 0 Å². The first kappa shape index (κ1) is 28.8. The SMILES string of the molecule is [CH2-]CCCCCCCCCCC.[Mo+4].[Na+].[O-][Si]([O-])([O-])[O-]. The van der Waals surface area contributed by atoms with Crippen molar-refractivity contribution in [2.24, 2.45) is 0 Å². The fourth-order valence-electron chi connectivity index (χ4n) is 1.49. The summed E-state index contributed by atoms with van der Waals surface area (Å²) in [4.78, 5) is 34.3. The summed E-state index contributed by atoms with van der Waals surface area (Å²) in [5, 5.41) is 0. The molecular formula is C12H25MoNaO4Si. The van der Waals surface area contributed by atoms with Gasteiger partial charge in [0.15, 0.2) is 0 Å². The molecular weight excluding hydrogens is 355 g/mol. The second-order valence-electron chi connectivity index (χ2n) is 4.18. The van der Waals surface area contributed by atoms with Crippen LogP contribution in [0.5, 0.6) is 0 Å². The Hall–Kier alpha value is 1.75. The molecule has 7 heteroatoms. The largest absolute Gasteiger partial charge is 4.00 e. The molecule has 0 bridgehead atoms. The summed E-state index contributed by atoms with van der Waals surface area (Å²) in [5.74, 6) is 0. The monoisotopic (exact) mass is 382 g/mol. The van der Waals surface area contributed by atoms with Crippen molar-refractivity contribution < 1.29 is 69.8 Å². The van der Waals surface area contributed by atoms with Crippen LogP contribution in [0.4, 0.5) is 0 Å². The molecule has 0 spiro atoms. The zero-order valence-electron chi connectivity index (χ0n) is 12.3. The summed E-state index contributed by atoms with van der Waals surface area (Å²) in [7, 11) is -5.61. The second-order valence-corrected chi connectivity index (χ2v) is 5.18. The van der Waals surface area contributed by atoms with E-state index < -0.39 is 9.05 Å². The Kier molecular flexibility index (Phi) is 33.4. The Morgan fingerprint density at radius 2 is 1.00 bits per heavy atom. The van der Waals surface area contributed by atoms with Gasteiger partial charge in [0, 0.05) is 0 Å². The van der Waals surface area contributed by atoms with Gasteiger partial charge in [-0.25, -0.2) is 0 Å². The van der Waals surface area contributed by atoms with Crippen molar-refractivity contribution in [2.75, 3.05) is 0 Å². The van der Waals surface area contributed by atoms with Crippen LogP contribution in [-0.4, -0.2) is 9.05 Å². The van der Waals surface area contributed by atoms with Gasteiger partial charge in [-0.2, -0.15) is 6.42 Å². The van der Waals surface area contributed by atoms with E-state index in [2.05, 4.69) is 13.8 Å². The molecule has 0 aromatic rings. The number of rotatable bonds is 9. The zero-order chi connectivity index (χ0) is 13.6. The minimum absolute atomic E-state index is 0. The van der Waals surface area contributed by atoms with Gasteiger partial charge in [0.1, 0.15) is 0 Å². The molecule has 0 heterocycles. The summed E-state index contributed by atoms with van der Waals surface area (Å²) in [6, 6.07) is 0. The van der Waals surface area contributed by atoms with Crippen LogP contribution < -0.4 is 48.7 Å². The fraction of sp³-hybridized carbons (Fsp3) is 0.917. The summed E-state index contributed by atoms with van der Waals surface area (Å²) in [6.07, 6.45) is 13.9. The maximum Gasteiger partial charge on any atom is 4.00 e. The van der Waals surface area contributed by atoms with Crippen LogP contribution in [-0.2, 0) is 21.1 Å². The number of unbranched alkanes of at least 4 members (excludes halogenated alkanes) is 9. The van der Waals surface area contributed by atoms with E-state index in [1.807, 2.05) is 0 Å². The average Bonchev–Trinajstić information content (AvgIpc) is 2.20. The van der Waals surface area contributed by atoms with Crippen molar-refractivity contribution in [3.05, 3.63) is 6.92 Å². The molecule has 0 saturated heterocycles. The first-order chi connectivity index (χ1) is 7.91. The number of hydrogen-bond donors (Lipinski definition) is 0. The minimum Gasteiger partial charge on any atom is -0.894 e. The average molecular weight is 380 g/mol. The molecule has 0 aromatic carbocycles. The minimum atomic E-state index is -5.61. The van der Waals surface area contributed by atoms with Crippen LogP contribution >= 0.6 is 0 Å². The summed E-state index contributed by atoms with van der Waals surface area (Å²) >= 11 is 0. The Morgan fingerprint density at radius 3 is 1.26 bits per heavy atom. The molecule has 0 unspecified atom stereocenters. The molecule has 0 aliphatic heterocycles. The number of hydrogen-bond acceptors (Lipinski definition) is 4. The summed E-state index contributed by atoms with van der Waals surface area (Å²) in [6.45, 7) is 6.12. The molecule has 0 radical (unpaired) electrons. The van der Waals surface area contributed by atoms with E-state index in [1.54, 1.807) is 0 Å². The summed E-state index contributed by atoms with van der Waals surface area (Å²) < 4.78 is 0. The molecule has 19 heavy (non-hydrogen) atoms. The van der Waals surface area contributed by atoms with Crippen LogP contribution in [0.25, 0.3) is 0 Å². The Balaban J connectivity index is -0.000000139. The van der Waals surface area contributed by atoms with E-state index in [4.69, 9.17) is 19.2 Å². The molecule has 0 aliphatic carbocycles. The topological polar surface area (TPSA) is 92.2 Å². The van der Waals surface area contributed by atoms with Crippen molar-refractivity contribution in [2.45, 2.75) is 71.1 Å². The molecule has 0 rings (SSSR count). The molecule has 108 valence electrons. The Labute approximate surface area is 156 Å². The molecule has 0 fully saturated rings. The van der Waals surface area contributed by atoms with Crippen molar-refractivity contribution in [1.29, 1.82) is 0 Å². The molecule has 0 saturated carbocycles. The standard InChI is InChI=1S/C12H25.Mo.Na.O4Si/c1-3-5-7-9-11-12-10-8-6-4-2;;;1-5(2,3)4/h1,3-12H2,2H3;;;/q-1;+4;+1;-4. The van der Waals surface area contributed by atoms with Gasteiger partial charge < -0.3 is 35.2 Å². The predicted octanol–water partition coefficient (Wildman–Crippen LogP) is -3.39.